The van der Waals surface area contributed by atoms with Gasteiger partial charge in [-0.05, 0) is 46.0 Å². The number of rotatable bonds is 13. The molecule has 152 valence electrons. The van der Waals surface area contributed by atoms with Crippen molar-refractivity contribution in [1.82, 2.24) is 0 Å². The average molecular weight is 371 g/mol. The van der Waals surface area contributed by atoms with Crippen molar-refractivity contribution in [3.63, 3.8) is 0 Å². The van der Waals surface area contributed by atoms with Crippen molar-refractivity contribution in [1.29, 1.82) is 0 Å². The Hall–Kier alpha value is -1.10. The van der Waals surface area contributed by atoms with Gasteiger partial charge < -0.3 is 14.2 Å². The quantitative estimate of drug-likeness (QED) is 0.352. The Bertz CT molecular complexity index is 455. The molecule has 5 nitrogen and oxygen atoms in total. The molecule has 3 unspecified atom stereocenters. The van der Waals surface area contributed by atoms with E-state index in [4.69, 9.17) is 14.2 Å². The average Bonchev–Trinajstić information content (AvgIpc) is 3.43. The standard InChI is InChI=1S/C21H38O5/c1-7-10-11-16(8-2)12-25-19(23)21(6,9-3)15-20(4,5)18(22)26-14-17-13-24-17/h16-17H,7-15H2,1-6H3. The van der Waals surface area contributed by atoms with Gasteiger partial charge in [0.15, 0.2) is 0 Å². The summed E-state index contributed by atoms with van der Waals surface area (Å²) < 4.78 is 16.1. The molecule has 26 heavy (non-hydrogen) atoms. The predicted octanol–water partition coefficient (Wildman–Crippen LogP) is 4.52. The van der Waals surface area contributed by atoms with Crippen LogP contribution in [0.1, 0.15) is 80.1 Å². The van der Waals surface area contributed by atoms with Gasteiger partial charge in [-0.3, -0.25) is 9.59 Å². The summed E-state index contributed by atoms with van der Waals surface area (Å²) in [6.07, 6.45) is 5.49. The van der Waals surface area contributed by atoms with E-state index in [1.165, 1.54) is 0 Å². The Morgan fingerprint density at radius 1 is 1.12 bits per heavy atom. The van der Waals surface area contributed by atoms with E-state index in [2.05, 4.69) is 13.8 Å². The molecule has 0 aromatic carbocycles. The second kappa shape index (κ2) is 10.3. The van der Waals surface area contributed by atoms with Crippen LogP contribution in [0.4, 0.5) is 0 Å². The van der Waals surface area contributed by atoms with Crippen molar-refractivity contribution >= 4 is 11.9 Å². The molecule has 0 amide bonds. The summed E-state index contributed by atoms with van der Waals surface area (Å²) in [4.78, 5) is 25.2. The van der Waals surface area contributed by atoms with Crippen molar-refractivity contribution in [3.8, 4) is 0 Å². The van der Waals surface area contributed by atoms with E-state index < -0.39 is 10.8 Å². The summed E-state index contributed by atoms with van der Waals surface area (Å²) in [6, 6.07) is 0. The molecule has 0 aliphatic carbocycles. The summed E-state index contributed by atoms with van der Waals surface area (Å²) >= 11 is 0. The summed E-state index contributed by atoms with van der Waals surface area (Å²) in [6.45, 7) is 13.2. The van der Waals surface area contributed by atoms with Crippen LogP contribution < -0.4 is 0 Å². The number of carbonyl (C=O) groups excluding carboxylic acids is 2. The van der Waals surface area contributed by atoms with Gasteiger partial charge in [0.25, 0.3) is 0 Å². The Labute approximate surface area is 159 Å². The van der Waals surface area contributed by atoms with Crippen molar-refractivity contribution in [2.24, 2.45) is 16.7 Å². The lowest BCUT2D eigenvalue weighted by molar-refractivity contribution is -0.164. The monoisotopic (exact) mass is 370 g/mol. The molecule has 5 heteroatoms. The first-order valence-electron chi connectivity index (χ1n) is 10.1. The number of unbranched alkanes of at least 4 members (excludes halogenated alkanes) is 1. The second-order valence-electron chi connectivity index (χ2n) is 8.54. The van der Waals surface area contributed by atoms with E-state index in [0.717, 1.165) is 25.7 Å². The van der Waals surface area contributed by atoms with E-state index in [-0.39, 0.29) is 18.0 Å². The molecule has 0 aromatic heterocycles. The Balaban J connectivity index is 2.59. The van der Waals surface area contributed by atoms with Gasteiger partial charge in [0, 0.05) is 0 Å². The van der Waals surface area contributed by atoms with Gasteiger partial charge in [0.2, 0.25) is 0 Å². The largest absolute Gasteiger partial charge is 0.465 e. The van der Waals surface area contributed by atoms with Crippen LogP contribution in [0.3, 0.4) is 0 Å². The van der Waals surface area contributed by atoms with Crippen LogP contribution in [0.5, 0.6) is 0 Å². The van der Waals surface area contributed by atoms with Gasteiger partial charge in [-0.15, -0.1) is 0 Å². The molecule has 3 atom stereocenters. The molecule has 0 radical (unpaired) electrons. The summed E-state index contributed by atoms with van der Waals surface area (Å²) in [5.74, 6) is -0.0762. The maximum Gasteiger partial charge on any atom is 0.311 e. The lowest BCUT2D eigenvalue weighted by Crippen LogP contribution is -2.39. The van der Waals surface area contributed by atoms with E-state index >= 15 is 0 Å². The van der Waals surface area contributed by atoms with Crippen LogP contribution in [0.25, 0.3) is 0 Å². The molecule has 1 fully saturated rings. The Morgan fingerprint density at radius 2 is 1.77 bits per heavy atom. The highest BCUT2D eigenvalue weighted by Crippen LogP contribution is 2.38. The summed E-state index contributed by atoms with van der Waals surface area (Å²) in [5, 5.41) is 0. The molecular weight excluding hydrogens is 332 g/mol. The third-order valence-electron chi connectivity index (χ3n) is 5.45. The van der Waals surface area contributed by atoms with Crippen LogP contribution in [-0.2, 0) is 23.8 Å². The Morgan fingerprint density at radius 3 is 2.27 bits per heavy atom. The minimum atomic E-state index is -0.745. The fraction of sp³-hybridized carbons (Fsp3) is 0.905. The Kier molecular flexibility index (Phi) is 9.08. The van der Waals surface area contributed by atoms with Gasteiger partial charge in [0.05, 0.1) is 24.0 Å². The zero-order valence-corrected chi connectivity index (χ0v) is 17.6. The number of hydrogen-bond acceptors (Lipinski definition) is 5. The maximum atomic E-state index is 12.8. The first-order chi connectivity index (χ1) is 12.2. The third-order valence-corrected chi connectivity index (χ3v) is 5.45. The van der Waals surface area contributed by atoms with Crippen molar-refractivity contribution < 1.29 is 23.8 Å². The summed E-state index contributed by atoms with van der Waals surface area (Å²) in [7, 11) is 0. The normalized spacial score (nSPS) is 20.2. The number of epoxide rings is 1. The first kappa shape index (κ1) is 22.9. The minimum absolute atomic E-state index is 0.0476. The number of carbonyl (C=O) groups is 2. The first-order valence-corrected chi connectivity index (χ1v) is 10.1. The van der Waals surface area contributed by atoms with Gasteiger partial charge in [-0.1, -0.05) is 40.0 Å². The molecule has 1 rings (SSSR count). The van der Waals surface area contributed by atoms with Crippen LogP contribution in [0, 0.1) is 16.7 Å². The molecule has 1 aliphatic heterocycles. The molecular formula is C21H38O5. The smallest absolute Gasteiger partial charge is 0.311 e. The topological polar surface area (TPSA) is 65.1 Å². The van der Waals surface area contributed by atoms with Crippen molar-refractivity contribution in [2.75, 3.05) is 19.8 Å². The van der Waals surface area contributed by atoms with E-state index in [1.54, 1.807) is 0 Å². The van der Waals surface area contributed by atoms with Gasteiger partial charge in [-0.25, -0.2) is 0 Å². The van der Waals surface area contributed by atoms with E-state index in [9.17, 15) is 9.59 Å². The van der Waals surface area contributed by atoms with Crippen molar-refractivity contribution in [3.05, 3.63) is 0 Å². The highest BCUT2D eigenvalue weighted by Gasteiger charge is 2.43. The van der Waals surface area contributed by atoms with Crippen LogP contribution in [0.15, 0.2) is 0 Å². The predicted molar refractivity (Wildman–Crippen MR) is 102 cm³/mol. The molecule has 0 bridgehead atoms. The zero-order valence-electron chi connectivity index (χ0n) is 17.6. The number of hydrogen-bond donors (Lipinski definition) is 0. The van der Waals surface area contributed by atoms with Crippen LogP contribution >= 0.6 is 0 Å². The highest BCUT2D eigenvalue weighted by atomic mass is 16.6. The van der Waals surface area contributed by atoms with E-state index in [1.807, 2.05) is 27.7 Å². The van der Waals surface area contributed by atoms with Gasteiger partial charge >= 0.3 is 11.9 Å². The molecule has 0 spiro atoms. The third kappa shape index (κ3) is 7.26. The fourth-order valence-electron chi connectivity index (χ4n) is 3.18. The SMILES string of the molecule is CCCCC(CC)COC(=O)C(C)(CC)CC(C)(C)C(=O)OCC1CO1. The summed E-state index contributed by atoms with van der Waals surface area (Å²) in [5.41, 5.74) is -1.44. The highest BCUT2D eigenvalue weighted by molar-refractivity contribution is 5.80. The molecule has 0 saturated carbocycles. The lowest BCUT2D eigenvalue weighted by atomic mass is 9.72. The zero-order chi connectivity index (χ0) is 19.8. The van der Waals surface area contributed by atoms with Crippen LogP contribution in [-0.4, -0.2) is 37.9 Å². The van der Waals surface area contributed by atoms with E-state index in [0.29, 0.717) is 38.6 Å². The molecule has 1 saturated heterocycles. The van der Waals surface area contributed by atoms with Crippen LogP contribution in [0.2, 0.25) is 0 Å². The van der Waals surface area contributed by atoms with Gasteiger partial charge in [-0.2, -0.15) is 0 Å². The molecule has 1 aliphatic rings. The number of ether oxygens (including phenoxy) is 3. The lowest BCUT2D eigenvalue weighted by Gasteiger charge is -2.34. The molecule has 0 aromatic rings. The second-order valence-corrected chi connectivity index (χ2v) is 8.54. The maximum absolute atomic E-state index is 12.8. The van der Waals surface area contributed by atoms with Gasteiger partial charge in [0.1, 0.15) is 12.7 Å². The minimum Gasteiger partial charge on any atom is -0.465 e. The van der Waals surface area contributed by atoms with Crippen molar-refractivity contribution in [2.45, 2.75) is 86.2 Å². The fourth-order valence-corrected chi connectivity index (χ4v) is 3.18. The number of esters is 2. The molecule has 1 heterocycles. The molecule has 0 N–H and O–H groups in total.